The maximum Gasteiger partial charge on any atom is 0.332 e. The Morgan fingerprint density at radius 2 is 1.89 bits per heavy atom. The van der Waals surface area contributed by atoms with Gasteiger partial charge in [-0.1, -0.05) is 33.8 Å². The van der Waals surface area contributed by atoms with Gasteiger partial charge in [0, 0.05) is 23.2 Å². The molecule has 3 saturated carbocycles. The molecule has 6 nitrogen and oxygen atoms in total. The molecule has 0 aromatic carbocycles. The molecule has 0 heterocycles. The standard InChI is InChI=1S/C22H34O6/c1-6-20(4)10-16(28-17(26)11-23)21(5)12(2)15(25)9-22(13(3)19(20)27)8-7-14(24)18(21)22/h6,12-13,15-16,18-19,23,25,27H,1,7-11H2,2-5H3/t12?,13-,15?,16+,18-,19-,20+,21-,22?/m0/s1. The Bertz CT molecular complexity index is 676. The summed E-state index contributed by atoms with van der Waals surface area (Å²) in [5.41, 5.74) is -2.08. The number of hydrogen-bond acceptors (Lipinski definition) is 6. The van der Waals surface area contributed by atoms with E-state index in [0.717, 1.165) is 0 Å². The lowest BCUT2D eigenvalue weighted by Crippen LogP contribution is -2.66. The zero-order chi connectivity index (χ0) is 21.1. The summed E-state index contributed by atoms with van der Waals surface area (Å²) in [5.74, 6) is -1.55. The van der Waals surface area contributed by atoms with Gasteiger partial charge in [-0.25, -0.2) is 4.79 Å². The van der Waals surface area contributed by atoms with Gasteiger partial charge in [-0.2, -0.15) is 0 Å². The van der Waals surface area contributed by atoms with E-state index in [-0.39, 0.29) is 24.0 Å². The van der Waals surface area contributed by atoms with Crippen LogP contribution in [0.15, 0.2) is 12.7 Å². The first-order chi connectivity index (χ1) is 13.0. The molecule has 3 aliphatic rings. The quantitative estimate of drug-likeness (QED) is 0.499. The molecule has 3 unspecified atom stereocenters. The highest BCUT2D eigenvalue weighted by atomic mass is 16.6. The minimum absolute atomic E-state index is 0.118. The highest BCUT2D eigenvalue weighted by Crippen LogP contribution is 2.67. The van der Waals surface area contributed by atoms with E-state index in [4.69, 9.17) is 4.74 Å². The number of aliphatic hydroxyl groups is 3. The van der Waals surface area contributed by atoms with Crippen LogP contribution in [0.5, 0.6) is 0 Å². The third-order valence-electron chi connectivity index (χ3n) is 8.75. The van der Waals surface area contributed by atoms with E-state index in [9.17, 15) is 24.9 Å². The van der Waals surface area contributed by atoms with E-state index < -0.39 is 53.1 Å². The van der Waals surface area contributed by atoms with Gasteiger partial charge in [0.25, 0.3) is 0 Å². The van der Waals surface area contributed by atoms with Gasteiger partial charge in [-0.05, 0) is 36.5 Å². The molecule has 0 saturated heterocycles. The van der Waals surface area contributed by atoms with E-state index in [1.165, 1.54) is 0 Å². The average Bonchev–Trinajstić information content (AvgIpc) is 3.01. The Hall–Kier alpha value is -1.24. The second-order valence-electron chi connectivity index (χ2n) is 9.84. The first-order valence-corrected chi connectivity index (χ1v) is 10.3. The van der Waals surface area contributed by atoms with Crippen molar-refractivity contribution >= 4 is 11.8 Å². The molecule has 3 N–H and O–H groups in total. The molecule has 0 radical (unpaired) electrons. The molecule has 3 aliphatic carbocycles. The van der Waals surface area contributed by atoms with Crippen LogP contribution in [0.25, 0.3) is 0 Å². The molecule has 158 valence electrons. The molecular weight excluding hydrogens is 360 g/mol. The van der Waals surface area contributed by atoms with Gasteiger partial charge in [-0.15, -0.1) is 6.58 Å². The summed E-state index contributed by atoms with van der Waals surface area (Å²) in [7, 11) is 0. The molecule has 3 rings (SSSR count). The molecule has 0 amide bonds. The third kappa shape index (κ3) is 2.71. The second-order valence-corrected chi connectivity index (χ2v) is 9.84. The van der Waals surface area contributed by atoms with Crippen LogP contribution >= 0.6 is 0 Å². The normalized spacial score (nSPS) is 51.0. The first kappa shape index (κ1) is 21.5. The topological polar surface area (TPSA) is 104 Å². The highest BCUT2D eigenvalue weighted by molar-refractivity contribution is 5.85. The minimum atomic E-state index is -0.797. The Labute approximate surface area is 167 Å². The van der Waals surface area contributed by atoms with Gasteiger partial charge >= 0.3 is 5.97 Å². The summed E-state index contributed by atoms with van der Waals surface area (Å²) in [4.78, 5) is 25.2. The van der Waals surface area contributed by atoms with Crippen molar-refractivity contribution in [1.82, 2.24) is 0 Å². The lowest BCUT2D eigenvalue weighted by Gasteiger charge is -2.62. The summed E-state index contributed by atoms with van der Waals surface area (Å²) < 4.78 is 5.71. The number of aliphatic hydroxyl groups excluding tert-OH is 3. The Balaban J connectivity index is 2.25. The first-order valence-electron chi connectivity index (χ1n) is 10.3. The largest absolute Gasteiger partial charge is 0.460 e. The fraction of sp³-hybridized carbons (Fsp3) is 0.818. The van der Waals surface area contributed by atoms with Gasteiger partial charge in [0.15, 0.2) is 0 Å². The van der Waals surface area contributed by atoms with Crippen molar-refractivity contribution < 1.29 is 29.6 Å². The summed E-state index contributed by atoms with van der Waals surface area (Å²) in [6, 6.07) is 0. The molecular formula is C22H34O6. The van der Waals surface area contributed by atoms with E-state index in [1.54, 1.807) is 6.08 Å². The van der Waals surface area contributed by atoms with Gasteiger partial charge in [-0.3, -0.25) is 4.79 Å². The highest BCUT2D eigenvalue weighted by Gasteiger charge is 2.70. The monoisotopic (exact) mass is 394 g/mol. The van der Waals surface area contributed by atoms with E-state index in [1.807, 2.05) is 27.7 Å². The zero-order valence-corrected chi connectivity index (χ0v) is 17.4. The Morgan fingerprint density at radius 3 is 2.46 bits per heavy atom. The maximum atomic E-state index is 13.2. The number of hydrogen-bond donors (Lipinski definition) is 3. The van der Waals surface area contributed by atoms with E-state index in [2.05, 4.69) is 6.58 Å². The number of rotatable bonds is 3. The van der Waals surface area contributed by atoms with Crippen LogP contribution in [-0.2, 0) is 14.3 Å². The molecule has 0 aliphatic heterocycles. The molecule has 6 heteroatoms. The van der Waals surface area contributed by atoms with E-state index in [0.29, 0.717) is 19.3 Å². The molecule has 0 aromatic rings. The van der Waals surface area contributed by atoms with Crippen LogP contribution in [0.4, 0.5) is 0 Å². The van der Waals surface area contributed by atoms with Crippen molar-refractivity contribution in [3.63, 3.8) is 0 Å². The summed E-state index contributed by atoms with van der Waals surface area (Å²) >= 11 is 0. The number of carbonyl (C=O) groups is 2. The van der Waals surface area contributed by atoms with Crippen molar-refractivity contribution in [2.45, 2.75) is 71.7 Å². The fourth-order valence-corrected chi connectivity index (χ4v) is 6.74. The SMILES string of the molecule is C=C[C@]1(C)C[C@@H](OC(=O)CO)[C@]2(C)C(C)C(O)CC3(CCC(=O)[C@H]32)[C@@H](C)[C@@H]1O. The molecule has 0 spiro atoms. The maximum absolute atomic E-state index is 13.2. The van der Waals surface area contributed by atoms with Crippen molar-refractivity contribution in [3.05, 3.63) is 12.7 Å². The summed E-state index contributed by atoms with van der Waals surface area (Å²) in [6.45, 7) is 10.9. The predicted octanol–water partition coefficient (Wildman–Crippen LogP) is 1.86. The third-order valence-corrected chi connectivity index (χ3v) is 8.75. The van der Waals surface area contributed by atoms with Crippen molar-refractivity contribution in [1.29, 1.82) is 0 Å². The van der Waals surface area contributed by atoms with Crippen LogP contribution < -0.4 is 0 Å². The summed E-state index contributed by atoms with van der Waals surface area (Å²) in [6.07, 6.45) is 1.28. The number of ether oxygens (including phenoxy) is 1. The fourth-order valence-electron chi connectivity index (χ4n) is 6.74. The average molecular weight is 395 g/mol. The summed E-state index contributed by atoms with van der Waals surface area (Å²) in [5, 5.41) is 31.6. The zero-order valence-electron chi connectivity index (χ0n) is 17.4. The van der Waals surface area contributed by atoms with Crippen molar-refractivity contribution in [2.75, 3.05) is 6.61 Å². The van der Waals surface area contributed by atoms with Gasteiger partial charge < -0.3 is 20.1 Å². The Kier molecular flexibility index (Phi) is 5.31. The molecule has 3 fully saturated rings. The van der Waals surface area contributed by atoms with Crippen molar-refractivity contribution in [2.24, 2.45) is 34.0 Å². The van der Waals surface area contributed by atoms with Crippen LogP contribution in [-0.4, -0.2) is 52.0 Å². The smallest absolute Gasteiger partial charge is 0.332 e. The molecule has 9 atom stereocenters. The van der Waals surface area contributed by atoms with Crippen LogP contribution in [0, 0.1) is 34.0 Å². The molecule has 2 bridgehead atoms. The number of Topliss-reactive ketones (excluding diaryl/α,β-unsaturated/α-hetero) is 1. The van der Waals surface area contributed by atoms with Crippen molar-refractivity contribution in [3.8, 4) is 0 Å². The minimum Gasteiger partial charge on any atom is -0.460 e. The lowest BCUT2D eigenvalue weighted by molar-refractivity contribution is -0.226. The van der Waals surface area contributed by atoms with Crippen LogP contribution in [0.2, 0.25) is 0 Å². The van der Waals surface area contributed by atoms with Crippen LogP contribution in [0.3, 0.4) is 0 Å². The van der Waals surface area contributed by atoms with Gasteiger partial charge in [0.2, 0.25) is 0 Å². The number of carbonyl (C=O) groups excluding carboxylic acids is 2. The molecule has 28 heavy (non-hydrogen) atoms. The second kappa shape index (κ2) is 6.92. The molecule has 0 aromatic heterocycles. The van der Waals surface area contributed by atoms with E-state index >= 15 is 0 Å². The van der Waals surface area contributed by atoms with Gasteiger partial charge in [0.1, 0.15) is 18.5 Å². The van der Waals surface area contributed by atoms with Gasteiger partial charge in [0.05, 0.1) is 12.2 Å². The number of ketones is 1. The van der Waals surface area contributed by atoms with Crippen LogP contribution in [0.1, 0.15) is 53.4 Å². The Morgan fingerprint density at radius 1 is 1.25 bits per heavy atom. The lowest BCUT2D eigenvalue weighted by atomic mass is 9.43. The number of esters is 1. The predicted molar refractivity (Wildman–Crippen MR) is 103 cm³/mol.